The first-order chi connectivity index (χ1) is 26.5. The lowest BCUT2D eigenvalue weighted by atomic mass is 9.82. The number of hydrogen-bond acceptors (Lipinski definition) is 5. The Kier molecular flexibility index (Phi) is 5.93. The highest BCUT2D eigenvalue weighted by atomic mass is 32.1. The second-order valence-electron chi connectivity index (χ2n) is 14.8. The summed E-state index contributed by atoms with van der Waals surface area (Å²) < 4.78 is 11.2. The number of nitrogens with zero attached hydrogens (tertiary/aromatic N) is 4. The molecule has 0 saturated carbocycles. The van der Waals surface area contributed by atoms with Crippen LogP contribution >= 0.6 is 11.3 Å². The maximum Gasteiger partial charge on any atom is 0.238 e. The number of hydrogen-bond donors (Lipinski definition) is 0. The molecule has 5 nitrogen and oxygen atoms in total. The molecule has 12 rings (SSSR count). The van der Waals surface area contributed by atoms with Crippen LogP contribution in [0.3, 0.4) is 0 Å². The standard InChI is InChI=1S/C48H30N4OS/c1-48(2)36-19-9-6-15-28(36)30-23-25-32-33-26-24-31-29-16-7-10-20-37(29)52(42(31)44(33)54-43(32)41(30)48)47-50-45(27-13-4-3-5-14-27)49-46(51-47)35-18-12-22-39-40(35)34-17-8-11-21-38(34)53-39/h3-26H,1-2H3. The number of para-hydroxylation sites is 2. The third kappa shape index (κ3) is 3.95. The van der Waals surface area contributed by atoms with Crippen molar-refractivity contribution < 1.29 is 4.42 Å². The molecule has 0 N–H and O–H groups in total. The topological polar surface area (TPSA) is 56.7 Å². The van der Waals surface area contributed by atoms with Crippen LogP contribution in [-0.4, -0.2) is 19.5 Å². The van der Waals surface area contributed by atoms with Gasteiger partial charge in [-0.1, -0.05) is 141 Å². The summed E-state index contributed by atoms with van der Waals surface area (Å²) >= 11 is 1.89. The Morgan fingerprint density at radius 2 is 1.20 bits per heavy atom. The average molecular weight is 711 g/mol. The minimum absolute atomic E-state index is 0.121. The first kappa shape index (κ1) is 29.9. The number of aromatic nitrogens is 4. The fourth-order valence-corrected chi connectivity index (χ4v) is 10.6. The van der Waals surface area contributed by atoms with Gasteiger partial charge in [0.25, 0.3) is 0 Å². The zero-order chi connectivity index (χ0) is 35.7. The maximum absolute atomic E-state index is 6.32. The van der Waals surface area contributed by atoms with E-state index in [1.807, 2.05) is 59.9 Å². The van der Waals surface area contributed by atoms with Gasteiger partial charge in [0.1, 0.15) is 11.2 Å². The van der Waals surface area contributed by atoms with Crippen LogP contribution in [0.2, 0.25) is 0 Å². The summed E-state index contributed by atoms with van der Waals surface area (Å²) in [4.78, 5) is 15.9. The summed E-state index contributed by atoms with van der Waals surface area (Å²) in [5, 5.41) is 6.90. The molecule has 0 saturated heterocycles. The number of rotatable bonds is 3. The molecule has 54 heavy (non-hydrogen) atoms. The van der Waals surface area contributed by atoms with Crippen LogP contribution in [0.4, 0.5) is 0 Å². The van der Waals surface area contributed by atoms with Crippen molar-refractivity contribution in [3.8, 4) is 39.9 Å². The average Bonchev–Trinajstić information content (AvgIpc) is 3.95. The van der Waals surface area contributed by atoms with Crippen molar-refractivity contribution >= 4 is 75.3 Å². The summed E-state index contributed by atoms with van der Waals surface area (Å²) in [6.07, 6.45) is 0. The number of benzene rings is 7. The van der Waals surface area contributed by atoms with Crippen molar-refractivity contribution in [2.45, 2.75) is 19.3 Å². The molecule has 1 aliphatic rings. The molecule has 7 aromatic carbocycles. The molecule has 6 heteroatoms. The van der Waals surface area contributed by atoms with Gasteiger partial charge in [-0.25, -0.2) is 4.98 Å². The smallest absolute Gasteiger partial charge is 0.238 e. The van der Waals surface area contributed by atoms with E-state index in [1.54, 1.807) is 0 Å². The number of furan rings is 1. The van der Waals surface area contributed by atoms with Crippen molar-refractivity contribution in [1.82, 2.24) is 19.5 Å². The second kappa shape index (κ2) is 10.7. The van der Waals surface area contributed by atoms with Gasteiger partial charge in [0, 0.05) is 53.6 Å². The Balaban J connectivity index is 1.20. The van der Waals surface area contributed by atoms with Gasteiger partial charge in [-0.3, -0.25) is 4.57 Å². The van der Waals surface area contributed by atoms with E-state index in [2.05, 4.69) is 115 Å². The minimum Gasteiger partial charge on any atom is -0.456 e. The fraction of sp³-hybridized carbons (Fsp3) is 0.0625. The molecule has 0 spiro atoms. The van der Waals surface area contributed by atoms with Gasteiger partial charge in [0.2, 0.25) is 5.95 Å². The van der Waals surface area contributed by atoms with E-state index in [4.69, 9.17) is 19.4 Å². The van der Waals surface area contributed by atoms with Gasteiger partial charge in [0.05, 0.1) is 15.7 Å². The van der Waals surface area contributed by atoms with Crippen LogP contribution in [0, 0.1) is 0 Å². The zero-order valence-electron chi connectivity index (χ0n) is 29.5. The summed E-state index contributed by atoms with van der Waals surface area (Å²) in [5.41, 5.74) is 11.0. The van der Waals surface area contributed by atoms with Crippen molar-refractivity contribution in [1.29, 1.82) is 0 Å². The van der Waals surface area contributed by atoms with Gasteiger partial charge in [-0.15, -0.1) is 11.3 Å². The molecule has 0 amide bonds. The second-order valence-corrected chi connectivity index (χ2v) is 15.8. The molecule has 0 atom stereocenters. The first-order valence-electron chi connectivity index (χ1n) is 18.3. The van der Waals surface area contributed by atoms with E-state index in [1.165, 1.54) is 47.8 Å². The molecule has 0 fully saturated rings. The van der Waals surface area contributed by atoms with Crippen molar-refractivity contribution in [3.05, 3.63) is 157 Å². The largest absolute Gasteiger partial charge is 0.456 e. The van der Waals surface area contributed by atoms with Crippen LogP contribution in [0.25, 0.3) is 104 Å². The van der Waals surface area contributed by atoms with Gasteiger partial charge in [-0.2, -0.15) is 9.97 Å². The lowest BCUT2D eigenvalue weighted by molar-refractivity contribution is 0.667. The van der Waals surface area contributed by atoms with Crippen LogP contribution in [0.1, 0.15) is 25.0 Å². The molecule has 4 heterocycles. The molecular weight excluding hydrogens is 681 g/mol. The van der Waals surface area contributed by atoms with E-state index in [0.29, 0.717) is 17.6 Å². The molecule has 4 aromatic heterocycles. The van der Waals surface area contributed by atoms with Crippen LogP contribution in [-0.2, 0) is 5.41 Å². The van der Waals surface area contributed by atoms with Gasteiger partial charge in [0.15, 0.2) is 11.6 Å². The Labute approximate surface area is 313 Å². The molecule has 0 radical (unpaired) electrons. The third-order valence-corrected chi connectivity index (χ3v) is 12.7. The highest BCUT2D eigenvalue weighted by Crippen LogP contribution is 2.54. The predicted molar refractivity (Wildman–Crippen MR) is 223 cm³/mol. The fourth-order valence-electron chi connectivity index (χ4n) is 9.06. The SMILES string of the molecule is CC1(C)c2ccccc2-c2ccc3c(sc4c3ccc3c5ccccc5n(-c5nc(-c6ccccc6)nc(-c6cccc7oc8ccccc8c67)n5)c34)c21. The highest BCUT2D eigenvalue weighted by Gasteiger charge is 2.37. The Bertz CT molecular complexity index is 3370. The Morgan fingerprint density at radius 1 is 0.519 bits per heavy atom. The van der Waals surface area contributed by atoms with E-state index in [9.17, 15) is 0 Å². The highest BCUT2D eigenvalue weighted by molar-refractivity contribution is 7.27. The summed E-state index contributed by atoms with van der Waals surface area (Å²) in [6.45, 7) is 4.74. The third-order valence-electron chi connectivity index (χ3n) is 11.5. The number of thiophene rings is 1. The summed E-state index contributed by atoms with van der Waals surface area (Å²) in [7, 11) is 0. The molecule has 0 aliphatic heterocycles. The van der Waals surface area contributed by atoms with E-state index in [-0.39, 0.29) is 5.41 Å². The van der Waals surface area contributed by atoms with E-state index < -0.39 is 0 Å². The van der Waals surface area contributed by atoms with E-state index in [0.717, 1.165) is 49.5 Å². The lowest BCUT2D eigenvalue weighted by Gasteiger charge is -2.22. The molecule has 0 bridgehead atoms. The van der Waals surface area contributed by atoms with Gasteiger partial charge < -0.3 is 4.42 Å². The van der Waals surface area contributed by atoms with E-state index >= 15 is 0 Å². The van der Waals surface area contributed by atoms with Gasteiger partial charge in [-0.05, 0) is 40.5 Å². The maximum atomic E-state index is 6.32. The normalized spacial score (nSPS) is 13.5. The van der Waals surface area contributed by atoms with Crippen molar-refractivity contribution in [2.75, 3.05) is 0 Å². The van der Waals surface area contributed by atoms with Crippen molar-refractivity contribution in [2.24, 2.45) is 0 Å². The lowest BCUT2D eigenvalue weighted by Crippen LogP contribution is -2.14. The molecule has 0 unspecified atom stereocenters. The van der Waals surface area contributed by atoms with Crippen LogP contribution < -0.4 is 0 Å². The zero-order valence-corrected chi connectivity index (χ0v) is 30.3. The first-order valence-corrected chi connectivity index (χ1v) is 19.1. The Morgan fingerprint density at radius 3 is 2.11 bits per heavy atom. The molecular formula is C48H30N4OS. The van der Waals surface area contributed by atoms with Crippen LogP contribution in [0.5, 0.6) is 0 Å². The molecule has 1 aliphatic carbocycles. The number of fused-ring (bicyclic) bond motifs is 14. The Hall–Kier alpha value is -6.63. The van der Waals surface area contributed by atoms with Gasteiger partial charge >= 0.3 is 0 Å². The predicted octanol–water partition coefficient (Wildman–Crippen LogP) is 12.9. The molecule has 254 valence electrons. The summed E-state index contributed by atoms with van der Waals surface area (Å²) in [5.74, 6) is 1.80. The van der Waals surface area contributed by atoms with Crippen LogP contribution in [0.15, 0.2) is 150 Å². The molecule has 11 aromatic rings. The van der Waals surface area contributed by atoms with Crippen molar-refractivity contribution in [3.63, 3.8) is 0 Å². The minimum atomic E-state index is -0.121. The quantitative estimate of drug-likeness (QED) is 0.183. The monoisotopic (exact) mass is 710 g/mol. The summed E-state index contributed by atoms with van der Waals surface area (Å²) in [6, 6.07) is 51.3.